The highest BCUT2D eigenvalue weighted by molar-refractivity contribution is 7.95. The van der Waals surface area contributed by atoms with Crippen LogP contribution >= 0.6 is 0 Å². The van der Waals surface area contributed by atoms with Gasteiger partial charge in [-0.05, 0) is 24.3 Å². The van der Waals surface area contributed by atoms with E-state index in [4.69, 9.17) is 4.74 Å². The lowest BCUT2D eigenvalue weighted by molar-refractivity contribution is 0.00350. The first-order chi connectivity index (χ1) is 13.4. The van der Waals surface area contributed by atoms with Gasteiger partial charge in [0.05, 0.1) is 37.2 Å². The molecular weight excluding hydrogens is 389 g/mol. The second-order valence-electron chi connectivity index (χ2n) is 6.45. The van der Waals surface area contributed by atoms with Crippen LogP contribution in [-0.2, 0) is 14.9 Å². The molecule has 0 aliphatic carbocycles. The quantitative estimate of drug-likeness (QED) is 0.844. The number of amides is 1. The summed E-state index contributed by atoms with van der Waals surface area (Å²) in [5.74, 6) is -0.696. The molecule has 1 amide bonds. The molecule has 0 aromatic heterocycles. The zero-order chi connectivity index (χ0) is 19.9. The van der Waals surface area contributed by atoms with Gasteiger partial charge in [0.15, 0.2) is 0 Å². The van der Waals surface area contributed by atoms with E-state index in [1.807, 2.05) is 0 Å². The Morgan fingerprint density at radius 3 is 2.64 bits per heavy atom. The Morgan fingerprint density at radius 1 is 1.18 bits per heavy atom. The second kappa shape index (κ2) is 6.95. The highest BCUT2D eigenvalue weighted by Crippen LogP contribution is 2.46. The van der Waals surface area contributed by atoms with Crippen LogP contribution in [0.2, 0.25) is 0 Å². The van der Waals surface area contributed by atoms with Crippen LogP contribution in [0.25, 0.3) is 0 Å². The molecule has 2 aromatic carbocycles. The largest absolute Gasteiger partial charge is 0.465 e. The maximum absolute atomic E-state index is 14.7. The molecule has 2 aliphatic rings. The summed E-state index contributed by atoms with van der Waals surface area (Å²) < 4.78 is 48.7. The topological polar surface area (TPSA) is 90.4 Å². The Balaban J connectivity index is 1.79. The van der Waals surface area contributed by atoms with Gasteiger partial charge in [-0.3, -0.25) is 4.90 Å². The van der Waals surface area contributed by atoms with Gasteiger partial charge in [-0.2, -0.15) is 8.42 Å². The number of para-hydroxylation sites is 2. The van der Waals surface area contributed by atoms with E-state index in [0.29, 0.717) is 5.69 Å². The highest BCUT2D eigenvalue weighted by atomic mass is 32.2. The van der Waals surface area contributed by atoms with E-state index in [9.17, 15) is 22.7 Å². The Hall–Kier alpha value is -2.85. The summed E-state index contributed by atoms with van der Waals surface area (Å²) in [5, 5.41) is 9.41. The number of hydrogen-bond acceptors (Lipinski definition) is 4. The number of benzene rings is 2. The van der Waals surface area contributed by atoms with E-state index in [1.54, 1.807) is 30.3 Å². The number of halogens is 1. The van der Waals surface area contributed by atoms with Gasteiger partial charge in [0.25, 0.3) is 0 Å². The van der Waals surface area contributed by atoms with Gasteiger partial charge in [-0.25, -0.2) is 17.8 Å². The normalized spacial score (nSPS) is 20.9. The molecule has 1 saturated heterocycles. The third-order valence-corrected chi connectivity index (χ3v) is 6.54. The minimum Gasteiger partial charge on any atom is -0.465 e. The standard InChI is InChI=1S/C18H18FN3O5S/c19-15-7-4-8-16-17(15)21(11-14-12-27-10-9-20(14)18(23)24)28(25,26)22(16)13-5-2-1-3-6-13/h1-8,14H,9-12H2,(H,23,24). The fourth-order valence-corrected chi connectivity index (χ4v) is 5.28. The van der Waals surface area contributed by atoms with E-state index >= 15 is 0 Å². The molecular formula is C18H18FN3O5S. The van der Waals surface area contributed by atoms with Crippen LogP contribution in [0, 0.1) is 5.82 Å². The Bertz CT molecular complexity index is 1000. The maximum Gasteiger partial charge on any atom is 0.407 e. The molecule has 0 radical (unpaired) electrons. The van der Waals surface area contributed by atoms with Crippen molar-refractivity contribution < 1.29 is 27.4 Å². The third kappa shape index (κ3) is 2.94. The summed E-state index contributed by atoms with van der Waals surface area (Å²) in [5.41, 5.74) is 0.457. The van der Waals surface area contributed by atoms with Gasteiger partial charge in [0, 0.05) is 6.54 Å². The van der Waals surface area contributed by atoms with Crippen molar-refractivity contribution in [3.8, 4) is 0 Å². The Kier molecular flexibility index (Phi) is 4.60. The van der Waals surface area contributed by atoms with Gasteiger partial charge in [-0.1, -0.05) is 24.3 Å². The molecule has 1 unspecified atom stereocenters. The van der Waals surface area contributed by atoms with Crippen molar-refractivity contribution in [3.05, 3.63) is 54.3 Å². The molecule has 0 saturated carbocycles. The molecule has 2 aromatic rings. The van der Waals surface area contributed by atoms with Crippen LogP contribution in [0.4, 0.5) is 26.2 Å². The first-order valence-corrected chi connectivity index (χ1v) is 10.0. The smallest absolute Gasteiger partial charge is 0.407 e. The van der Waals surface area contributed by atoms with E-state index in [-0.39, 0.29) is 37.7 Å². The van der Waals surface area contributed by atoms with Crippen LogP contribution in [0.3, 0.4) is 0 Å². The van der Waals surface area contributed by atoms with E-state index in [0.717, 1.165) is 13.5 Å². The van der Waals surface area contributed by atoms with Crippen molar-refractivity contribution >= 4 is 33.4 Å². The van der Waals surface area contributed by atoms with Crippen molar-refractivity contribution in [2.75, 3.05) is 34.9 Å². The van der Waals surface area contributed by atoms with Crippen LogP contribution in [-0.4, -0.2) is 56.9 Å². The van der Waals surface area contributed by atoms with Gasteiger partial charge >= 0.3 is 16.3 Å². The van der Waals surface area contributed by atoms with Gasteiger partial charge in [0.2, 0.25) is 0 Å². The monoisotopic (exact) mass is 407 g/mol. The SMILES string of the molecule is O=C(O)N1CCOCC1CN1c2c(F)cccc2N(c2ccccc2)S1(=O)=O. The molecule has 1 N–H and O–H groups in total. The average Bonchev–Trinajstić information content (AvgIpc) is 2.90. The molecule has 0 bridgehead atoms. The number of hydrogen-bond donors (Lipinski definition) is 1. The van der Waals surface area contributed by atoms with Gasteiger partial charge < -0.3 is 9.84 Å². The molecule has 1 atom stereocenters. The molecule has 8 nitrogen and oxygen atoms in total. The molecule has 1 fully saturated rings. The first-order valence-electron chi connectivity index (χ1n) is 8.65. The number of rotatable bonds is 3. The molecule has 2 heterocycles. The van der Waals surface area contributed by atoms with Crippen LogP contribution in [0.15, 0.2) is 48.5 Å². The molecule has 10 heteroatoms. The maximum atomic E-state index is 14.7. The molecule has 0 spiro atoms. The van der Waals surface area contributed by atoms with Gasteiger partial charge in [0.1, 0.15) is 11.5 Å². The first kappa shape index (κ1) is 18.5. The molecule has 2 aliphatic heterocycles. The lowest BCUT2D eigenvalue weighted by Crippen LogP contribution is -2.54. The fraction of sp³-hybridized carbons (Fsp3) is 0.278. The predicted octanol–water partition coefficient (Wildman–Crippen LogP) is 2.41. The van der Waals surface area contributed by atoms with Crippen molar-refractivity contribution in [2.45, 2.75) is 6.04 Å². The number of ether oxygens (including phenoxy) is 1. The van der Waals surface area contributed by atoms with Crippen LogP contribution in [0.1, 0.15) is 0 Å². The third-order valence-electron chi connectivity index (χ3n) is 4.78. The minimum absolute atomic E-state index is 0.0352. The number of fused-ring (bicyclic) bond motifs is 1. The summed E-state index contributed by atoms with van der Waals surface area (Å²) in [7, 11) is -4.16. The Labute approximate surface area is 161 Å². The van der Waals surface area contributed by atoms with Crippen LogP contribution in [0.5, 0.6) is 0 Å². The lowest BCUT2D eigenvalue weighted by Gasteiger charge is -2.35. The summed E-state index contributed by atoms with van der Waals surface area (Å²) in [6.45, 7) is 0.149. The van der Waals surface area contributed by atoms with Crippen molar-refractivity contribution in [2.24, 2.45) is 0 Å². The number of anilines is 3. The number of morpholine rings is 1. The summed E-state index contributed by atoms with van der Waals surface area (Å²) >= 11 is 0. The Morgan fingerprint density at radius 2 is 1.93 bits per heavy atom. The molecule has 28 heavy (non-hydrogen) atoms. The minimum atomic E-state index is -4.16. The van der Waals surface area contributed by atoms with Crippen molar-refractivity contribution in [1.82, 2.24) is 4.90 Å². The van der Waals surface area contributed by atoms with E-state index in [1.165, 1.54) is 18.2 Å². The van der Waals surface area contributed by atoms with Crippen molar-refractivity contribution in [1.29, 1.82) is 0 Å². The second-order valence-corrected chi connectivity index (χ2v) is 8.15. The zero-order valence-corrected chi connectivity index (χ0v) is 15.5. The highest BCUT2D eigenvalue weighted by Gasteiger charge is 2.45. The molecule has 4 rings (SSSR count). The lowest BCUT2D eigenvalue weighted by atomic mass is 10.2. The van der Waals surface area contributed by atoms with E-state index in [2.05, 4.69) is 0 Å². The fourth-order valence-electron chi connectivity index (χ4n) is 3.52. The summed E-state index contributed by atoms with van der Waals surface area (Å²) in [6, 6.07) is 11.8. The average molecular weight is 407 g/mol. The van der Waals surface area contributed by atoms with Gasteiger partial charge in [-0.15, -0.1) is 0 Å². The number of carboxylic acid groups (broad SMARTS) is 1. The predicted molar refractivity (Wildman–Crippen MR) is 101 cm³/mol. The van der Waals surface area contributed by atoms with Crippen LogP contribution < -0.4 is 8.61 Å². The van der Waals surface area contributed by atoms with Crippen molar-refractivity contribution in [3.63, 3.8) is 0 Å². The zero-order valence-electron chi connectivity index (χ0n) is 14.7. The molecule has 148 valence electrons. The number of carbonyl (C=O) groups is 1. The summed E-state index contributed by atoms with van der Waals surface area (Å²) in [4.78, 5) is 12.6. The summed E-state index contributed by atoms with van der Waals surface area (Å²) in [6.07, 6.45) is -1.17. The van der Waals surface area contributed by atoms with E-state index < -0.39 is 28.2 Å². The number of nitrogens with zero attached hydrogens (tertiary/aromatic N) is 3.